The lowest BCUT2D eigenvalue weighted by Crippen LogP contribution is -2.16. The molecule has 26 heavy (non-hydrogen) atoms. The number of rotatable bonds is 5. The monoisotopic (exact) mass is 453 g/mol. The van der Waals surface area contributed by atoms with Crippen molar-refractivity contribution in [1.82, 2.24) is 0 Å². The zero-order chi connectivity index (χ0) is 19.7. The molecule has 0 saturated carbocycles. The van der Waals surface area contributed by atoms with Gasteiger partial charge in [-0.3, -0.25) is 4.72 Å². The van der Waals surface area contributed by atoms with Gasteiger partial charge in [-0.2, -0.15) is 13.2 Å². The van der Waals surface area contributed by atoms with Gasteiger partial charge in [-0.25, -0.2) is 13.2 Å². The summed E-state index contributed by atoms with van der Waals surface area (Å²) in [5.41, 5.74) is -2.55. The van der Waals surface area contributed by atoms with Crippen LogP contribution < -0.4 is 9.46 Å². The maximum absolute atomic E-state index is 12.9. The normalized spacial score (nSPS) is 11.9. The molecule has 2 aromatic carbocycles. The highest BCUT2D eigenvalue weighted by Gasteiger charge is 2.32. The molecule has 0 radical (unpaired) electrons. The van der Waals surface area contributed by atoms with Crippen molar-refractivity contribution in [1.29, 1.82) is 0 Å². The van der Waals surface area contributed by atoms with Gasteiger partial charge in [0.15, 0.2) is 0 Å². The van der Waals surface area contributed by atoms with E-state index >= 15 is 0 Å². The van der Waals surface area contributed by atoms with Gasteiger partial charge >= 0.3 is 12.1 Å². The summed E-state index contributed by atoms with van der Waals surface area (Å²) in [5, 5.41) is 8.96. The molecule has 0 aliphatic heterocycles. The van der Waals surface area contributed by atoms with Crippen LogP contribution in [0.25, 0.3) is 0 Å². The summed E-state index contributed by atoms with van der Waals surface area (Å²) in [4.78, 5) is 10.7. The third-order valence-corrected chi connectivity index (χ3v) is 5.07. The second-order valence-corrected chi connectivity index (χ2v) is 7.57. The molecule has 0 heterocycles. The van der Waals surface area contributed by atoms with Gasteiger partial charge in [0.2, 0.25) is 0 Å². The van der Waals surface area contributed by atoms with Crippen molar-refractivity contribution in [3.05, 3.63) is 52.0 Å². The van der Waals surface area contributed by atoms with Crippen LogP contribution in [-0.2, 0) is 16.2 Å². The van der Waals surface area contributed by atoms with Crippen LogP contribution in [0.2, 0.25) is 0 Å². The number of methoxy groups -OCH3 is 1. The predicted octanol–water partition coefficient (Wildman–Crippen LogP) is 3.98. The molecule has 2 rings (SSSR count). The van der Waals surface area contributed by atoms with E-state index in [4.69, 9.17) is 9.84 Å². The Hall–Kier alpha value is -2.27. The number of sulfonamides is 1. The summed E-state index contributed by atoms with van der Waals surface area (Å²) >= 11 is 3.10. The van der Waals surface area contributed by atoms with Crippen LogP contribution in [0.5, 0.6) is 5.75 Å². The summed E-state index contributed by atoms with van der Waals surface area (Å²) < 4.78 is 71.2. The summed E-state index contributed by atoms with van der Waals surface area (Å²) in [6.07, 6.45) is -4.85. The summed E-state index contributed by atoms with van der Waals surface area (Å²) in [6.45, 7) is 0. The zero-order valence-corrected chi connectivity index (χ0v) is 15.4. The van der Waals surface area contributed by atoms with Gasteiger partial charge in [-0.05, 0) is 36.4 Å². The molecule has 0 aliphatic rings. The van der Waals surface area contributed by atoms with Crippen LogP contribution in [0.1, 0.15) is 15.9 Å². The van der Waals surface area contributed by atoms with E-state index in [-0.39, 0.29) is 10.6 Å². The first kappa shape index (κ1) is 20.0. The maximum Gasteiger partial charge on any atom is 0.416 e. The number of ether oxygens (including phenoxy) is 1. The Balaban J connectivity index is 2.55. The summed E-state index contributed by atoms with van der Waals surface area (Å²) in [7, 11) is -3.12. The van der Waals surface area contributed by atoms with Gasteiger partial charge in [-0.1, -0.05) is 15.9 Å². The Morgan fingerprint density at radius 3 is 2.38 bits per heavy atom. The van der Waals surface area contributed by atoms with E-state index in [0.29, 0.717) is 16.6 Å². The number of anilines is 1. The molecular formula is C15H11BrF3NO5S. The minimum Gasteiger partial charge on any atom is -0.495 e. The van der Waals surface area contributed by atoms with Crippen LogP contribution in [0.3, 0.4) is 0 Å². The van der Waals surface area contributed by atoms with E-state index in [1.807, 2.05) is 4.72 Å². The minimum absolute atomic E-state index is 0.0360. The third kappa shape index (κ3) is 4.47. The van der Waals surface area contributed by atoms with Crippen LogP contribution in [0, 0.1) is 0 Å². The van der Waals surface area contributed by atoms with Crippen molar-refractivity contribution in [2.45, 2.75) is 11.1 Å². The van der Waals surface area contributed by atoms with E-state index in [9.17, 15) is 26.4 Å². The molecular weight excluding hydrogens is 443 g/mol. The first-order chi connectivity index (χ1) is 11.9. The average Bonchev–Trinajstić information content (AvgIpc) is 2.53. The van der Waals surface area contributed by atoms with E-state index in [1.165, 1.54) is 25.3 Å². The molecule has 2 aromatic rings. The molecule has 0 aliphatic carbocycles. The molecule has 0 fully saturated rings. The Labute approximate surface area is 154 Å². The summed E-state index contributed by atoms with van der Waals surface area (Å²) in [5.74, 6) is -1.66. The smallest absolute Gasteiger partial charge is 0.416 e. The fourth-order valence-electron chi connectivity index (χ4n) is 2.04. The highest BCUT2D eigenvalue weighted by molar-refractivity contribution is 9.10. The number of aromatic carboxylic acids is 1. The summed E-state index contributed by atoms with van der Waals surface area (Å²) in [6, 6.07) is 5.79. The van der Waals surface area contributed by atoms with Crippen LogP contribution in [0.4, 0.5) is 18.9 Å². The molecule has 6 nitrogen and oxygen atoms in total. The third-order valence-electron chi connectivity index (χ3n) is 3.17. The number of alkyl halides is 3. The molecule has 2 N–H and O–H groups in total. The topological polar surface area (TPSA) is 92.7 Å². The van der Waals surface area contributed by atoms with Gasteiger partial charge < -0.3 is 9.84 Å². The number of carbonyl (C=O) groups is 1. The molecule has 0 aromatic heterocycles. The van der Waals surface area contributed by atoms with Crippen LogP contribution >= 0.6 is 15.9 Å². The largest absolute Gasteiger partial charge is 0.495 e. The first-order valence-corrected chi connectivity index (χ1v) is 9.03. The number of carboxylic acids is 1. The lowest BCUT2D eigenvalue weighted by molar-refractivity contribution is -0.137. The van der Waals surface area contributed by atoms with E-state index < -0.39 is 39.0 Å². The standard InChI is InChI=1S/C15H11BrF3NO5S/c1-25-12-3-2-10(16)7-13(12)26(23,24)20-11-5-8(14(21)22)4-9(6-11)15(17,18)19/h2-7,20H,1H3,(H,21,22). The van der Waals surface area contributed by atoms with Crippen molar-refractivity contribution in [2.75, 3.05) is 11.8 Å². The Morgan fingerprint density at radius 2 is 1.85 bits per heavy atom. The van der Waals surface area contributed by atoms with Crippen molar-refractivity contribution in [3.63, 3.8) is 0 Å². The highest BCUT2D eigenvalue weighted by Crippen LogP contribution is 2.34. The van der Waals surface area contributed by atoms with Crippen molar-refractivity contribution in [3.8, 4) is 5.75 Å². The molecule has 0 amide bonds. The van der Waals surface area contributed by atoms with Crippen molar-refractivity contribution in [2.24, 2.45) is 0 Å². The average molecular weight is 454 g/mol. The second kappa shape index (κ2) is 7.16. The predicted molar refractivity (Wildman–Crippen MR) is 89.9 cm³/mol. The number of hydrogen-bond acceptors (Lipinski definition) is 4. The molecule has 0 bridgehead atoms. The quantitative estimate of drug-likeness (QED) is 0.714. The number of hydrogen-bond donors (Lipinski definition) is 2. The lowest BCUT2D eigenvalue weighted by atomic mass is 10.1. The number of benzene rings is 2. The van der Waals surface area contributed by atoms with Crippen LogP contribution in [-0.4, -0.2) is 26.6 Å². The molecule has 11 heteroatoms. The Morgan fingerprint density at radius 1 is 1.19 bits per heavy atom. The molecule has 0 saturated heterocycles. The molecule has 0 atom stereocenters. The Bertz CT molecular complexity index is 960. The second-order valence-electron chi connectivity index (χ2n) is 5.00. The SMILES string of the molecule is COc1ccc(Br)cc1S(=O)(=O)Nc1cc(C(=O)O)cc(C(F)(F)F)c1. The molecule has 140 valence electrons. The Kier molecular flexibility index (Phi) is 5.52. The van der Waals surface area contributed by atoms with Gasteiger partial charge in [-0.15, -0.1) is 0 Å². The van der Waals surface area contributed by atoms with Gasteiger partial charge in [0.25, 0.3) is 10.0 Å². The lowest BCUT2D eigenvalue weighted by Gasteiger charge is -2.14. The number of nitrogens with one attached hydrogen (secondary N) is 1. The number of carboxylic acid groups (broad SMARTS) is 1. The van der Waals surface area contributed by atoms with Crippen molar-refractivity contribution < 1.29 is 36.2 Å². The molecule has 0 unspecified atom stereocenters. The zero-order valence-electron chi connectivity index (χ0n) is 13.0. The van der Waals surface area contributed by atoms with Crippen LogP contribution in [0.15, 0.2) is 45.8 Å². The van der Waals surface area contributed by atoms with Crippen molar-refractivity contribution >= 4 is 37.6 Å². The minimum atomic E-state index is -4.85. The highest BCUT2D eigenvalue weighted by atomic mass is 79.9. The van der Waals surface area contributed by atoms with Gasteiger partial charge in [0, 0.05) is 4.47 Å². The molecule has 0 spiro atoms. The fourth-order valence-corrected chi connectivity index (χ4v) is 3.79. The number of halogens is 4. The fraction of sp³-hybridized carbons (Fsp3) is 0.133. The van der Waals surface area contributed by atoms with E-state index in [1.54, 1.807) is 0 Å². The maximum atomic E-state index is 12.9. The van der Waals surface area contributed by atoms with E-state index in [2.05, 4.69) is 15.9 Å². The van der Waals surface area contributed by atoms with Gasteiger partial charge in [0.1, 0.15) is 10.6 Å². The first-order valence-electron chi connectivity index (χ1n) is 6.76. The van der Waals surface area contributed by atoms with E-state index in [0.717, 1.165) is 6.07 Å². The van der Waals surface area contributed by atoms with Gasteiger partial charge in [0.05, 0.1) is 23.9 Å².